The van der Waals surface area contributed by atoms with Gasteiger partial charge in [-0.2, -0.15) is 0 Å². The quantitative estimate of drug-likeness (QED) is 0.712. The minimum absolute atomic E-state index is 0.200. The molecule has 0 spiro atoms. The number of aromatic amines is 1. The summed E-state index contributed by atoms with van der Waals surface area (Å²) in [6.07, 6.45) is 0. The third kappa shape index (κ3) is 2.56. The van der Waals surface area contributed by atoms with Crippen molar-refractivity contribution in [3.05, 3.63) is 58.9 Å². The molecule has 2 aromatic carbocycles. The molecule has 0 radical (unpaired) electrons. The Labute approximate surface area is 121 Å². The van der Waals surface area contributed by atoms with Crippen molar-refractivity contribution < 1.29 is 4.39 Å². The Balaban J connectivity index is 1.81. The van der Waals surface area contributed by atoms with Crippen LogP contribution in [-0.2, 0) is 5.75 Å². The lowest BCUT2D eigenvalue weighted by molar-refractivity contribution is 0.627. The number of thioether (sulfide) groups is 1. The SMILES string of the molecule is Cc1ccc2[nH]c(SCc3ccc(F)cc3)nc2c1C. The van der Waals surface area contributed by atoms with E-state index in [0.29, 0.717) is 0 Å². The van der Waals surface area contributed by atoms with Crippen molar-refractivity contribution in [3.63, 3.8) is 0 Å². The lowest BCUT2D eigenvalue weighted by Gasteiger charge is -1.98. The van der Waals surface area contributed by atoms with Crippen LogP contribution >= 0.6 is 11.8 Å². The number of H-pyrrole nitrogens is 1. The molecule has 0 atom stereocenters. The number of hydrogen-bond donors (Lipinski definition) is 1. The van der Waals surface area contributed by atoms with Crippen LogP contribution < -0.4 is 0 Å². The Hall–Kier alpha value is -1.81. The molecule has 0 bridgehead atoms. The first kappa shape index (κ1) is 13.2. The van der Waals surface area contributed by atoms with Gasteiger partial charge in [0.25, 0.3) is 0 Å². The molecule has 2 nitrogen and oxygen atoms in total. The van der Waals surface area contributed by atoms with E-state index in [1.54, 1.807) is 23.9 Å². The zero-order valence-corrected chi connectivity index (χ0v) is 12.2. The number of hydrogen-bond acceptors (Lipinski definition) is 2. The second-order valence-electron chi connectivity index (χ2n) is 4.86. The number of nitrogens with zero attached hydrogens (tertiary/aromatic N) is 1. The maximum Gasteiger partial charge on any atom is 0.166 e. The Morgan fingerprint density at radius 1 is 1.10 bits per heavy atom. The average molecular weight is 286 g/mol. The number of halogens is 1. The van der Waals surface area contributed by atoms with Crippen LogP contribution in [0.25, 0.3) is 11.0 Å². The molecular formula is C16H15FN2S. The van der Waals surface area contributed by atoms with Gasteiger partial charge in [0, 0.05) is 5.75 Å². The van der Waals surface area contributed by atoms with Gasteiger partial charge >= 0.3 is 0 Å². The van der Waals surface area contributed by atoms with E-state index in [-0.39, 0.29) is 5.82 Å². The van der Waals surface area contributed by atoms with Crippen molar-refractivity contribution in [2.24, 2.45) is 0 Å². The summed E-state index contributed by atoms with van der Waals surface area (Å²) >= 11 is 1.63. The van der Waals surface area contributed by atoms with Gasteiger partial charge in [0.15, 0.2) is 5.16 Å². The van der Waals surface area contributed by atoms with E-state index in [2.05, 4.69) is 35.9 Å². The lowest BCUT2D eigenvalue weighted by Crippen LogP contribution is -1.83. The molecule has 0 fully saturated rings. The maximum atomic E-state index is 12.8. The van der Waals surface area contributed by atoms with Gasteiger partial charge in [-0.05, 0) is 48.7 Å². The predicted octanol–water partition coefficient (Wildman–Crippen LogP) is 4.61. The smallest absolute Gasteiger partial charge is 0.166 e. The second-order valence-corrected chi connectivity index (χ2v) is 5.82. The monoisotopic (exact) mass is 286 g/mol. The average Bonchev–Trinajstić information content (AvgIpc) is 2.86. The van der Waals surface area contributed by atoms with Crippen LogP contribution in [0.1, 0.15) is 16.7 Å². The standard InChI is InChI=1S/C16H15FN2S/c1-10-3-8-14-15(11(10)2)19-16(18-14)20-9-12-4-6-13(17)7-5-12/h3-8H,9H2,1-2H3,(H,18,19). The summed E-state index contributed by atoms with van der Waals surface area (Å²) in [5, 5.41) is 0.901. The molecule has 20 heavy (non-hydrogen) atoms. The van der Waals surface area contributed by atoms with Gasteiger partial charge in [-0.1, -0.05) is 30.0 Å². The highest BCUT2D eigenvalue weighted by molar-refractivity contribution is 7.98. The highest BCUT2D eigenvalue weighted by Gasteiger charge is 2.07. The third-order valence-electron chi connectivity index (χ3n) is 3.45. The van der Waals surface area contributed by atoms with Gasteiger partial charge in [0.1, 0.15) is 5.82 Å². The topological polar surface area (TPSA) is 28.7 Å². The molecule has 3 aromatic rings. The Kier molecular flexibility index (Phi) is 3.49. The largest absolute Gasteiger partial charge is 0.333 e. The number of nitrogens with one attached hydrogen (secondary N) is 1. The molecule has 1 heterocycles. The second kappa shape index (κ2) is 5.29. The molecule has 0 unspecified atom stereocenters. The zero-order chi connectivity index (χ0) is 14.1. The molecule has 0 aliphatic carbocycles. The zero-order valence-electron chi connectivity index (χ0n) is 11.4. The van der Waals surface area contributed by atoms with E-state index in [4.69, 9.17) is 0 Å². The molecule has 0 saturated carbocycles. The van der Waals surface area contributed by atoms with E-state index in [0.717, 1.165) is 27.5 Å². The van der Waals surface area contributed by atoms with E-state index < -0.39 is 0 Å². The van der Waals surface area contributed by atoms with Crippen LogP contribution in [0.3, 0.4) is 0 Å². The molecule has 102 valence electrons. The van der Waals surface area contributed by atoms with Gasteiger partial charge in [-0.3, -0.25) is 0 Å². The summed E-state index contributed by atoms with van der Waals surface area (Å²) in [6.45, 7) is 4.18. The summed E-state index contributed by atoms with van der Waals surface area (Å²) < 4.78 is 12.8. The Bertz CT molecular complexity index is 747. The molecule has 0 saturated heterocycles. The molecule has 0 aliphatic heterocycles. The van der Waals surface area contributed by atoms with E-state index in [1.165, 1.54) is 23.3 Å². The van der Waals surface area contributed by atoms with Crippen LogP contribution in [0.4, 0.5) is 4.39 Å². The van der Waals surface area contributed by atoms with E-state index in [9.17, 15) is 4.39 Å². The van der Waals surface area contributed by atoms with Crippen LogP contribution in [0.5, 0.6) is 0 Å². The number of benzene rings is 2. The number of aromatic nitrogens is 2. The van der Waals surface area contributed by atoms with Crippen molar-refractivity contribution in [2.75, 3.05) is 0 Å². The fourth-order valence-electron chi connectivity index (χ4n) is 2.09. The molecule has 4 heteroatoms. The Morgan fingerprint density at radius 2 is 1.85 bits per heavy atom. The number of aryl methyl sites for hydroxylation is 2. The first-order chi connectivity index (χ1) is 9.63. The van der Waals surface area contributed by atoms with Gasteiger partial charge in [0.05, 0.1) is 11.0 Å². The van der Waals surface area contributed by atoms with Crippen LogP contribution in [0, 0.1) is 19.7 Å². The van der Waals surface area contributed by atoms with Gasteiger partial charge < -0.3 is 4.98 Å². The number of rotatable bonds is 3. The maximum absolute atomic E-state index is 12.8. The van der Waals surface area contributed by atoms with E-state index in [1.807, 2.05) is 0 Å². The fraction of sp³-hybridized carbons (Fsp3) is 0.188. The molecule has 0 amide bonds. The first-order valence-corrected chi connectivity index (χ1v) is 7.45. The fourth-order valence-corrected chi connectivity index (χ4v) is 2.93. The lowest BCUT2D eigenvalue weighted by atomic mass is 10.1. The van der Waals surface area contributed by atoms with Crippen molar-refractivity contribution in [1.29, 1.82) is 0 Å². The summed E-state index contributed by atoms with van der Waals surface area (Å²) in [5.41, 5.74) is 5.65. The first-order valence-electron chi connectivity index (χ1n) is 6.46. The molecule has 3 rings (SSSR count). The van der Waals surface area contributed by atoms with Crippen LogP contribution in [0.2, 0.25) is 0 Å². The Morgan fingerprint density at radius 3 is 2.60 bits per heavy atom. The van der Waals surface area contributed by atoms with Crippen LogP contribution in [0.15, 0.2) is 41.6 Å². The van der Waals surface area contributed by atoms with Gasteiger partial charge in [-0.15, -0.1) is 0 Å². The van der Waals surface area contributed by atoms with Crippen LogP contribution in [-0.4, -0.2) is 9.97 Å². The predicted molar refractivity (Wildman–Crippen MR) is 81.5 cm³/mol. The van der Waals surface area contributed by atoms with E-state index >= 15 is 0 Å². The highest BCUT2D eigenvalue weighted by atomic mass is 32.2. The summed E-state index contributed by atoms with van der Waals surface area (Å²) in [6, 6.07) is 10.8. The van der Waals surface area contributed by atoms with Gasteiger partial charge in [-0.25, -0.2) is 9.37 Å². The normalized spacial score (nSPS) is 11.2. The van der Waals surface area contributed by atoms with Gasteiger partial charge in [0.2, 0.25) is 0 Å². The molecule has 0 aliphatic rings. The minimum Gasteiger partial charge on any atom is -0.333 e. The molecule has 1 N–H and O–H groups in total. The van der Waals surface area contributed by atoms with Crippen molar-refractivity contribution in [1.82, 2.24) is 9.97 Å². The minimum atomic E-state index is -0.200. The summed E-state index contributed by atoms with van der Waals surface area (Å²) in [4.78, 5) is 7.96. The van der Waals surface area contributed by atoms with Crippen molar-refractivity contribution in [3.8, 4) is 0 Å². The number of fused-ring (bicyclic) bond motifs is 1. The summed E-state index contributed by atoms with van der Waals surface area (Å²) in [7, 11) is 0. The third-order valence-corrected chi connectivity index (χ3v) is 4.39. The summed E-state index contributed by atoms with van der Waals surface area (Å²) in [5.74, 6) is 0.576. The number of imidazole rings is 1. The molecule has 1 aromatic heterocycles. The van der Waals surface area contributed by atoms with Crippen molar-refractivity contribution >= 4 is 22.8 Å². The van der Waals surface area contributed by atoms with Crippen molar-refractivity contribution in [2.45, 2.75) is 24.8 Å². The molecular weight excluding hydrogens is 271 g/mol. The highest BCUT2D eigenvalue weighted by Crippen LogP contribution is 2.25.